The predicted molar refractivity (Wildman–Crippen MR) is 153 cm³/mol. The van der Waals surface area contributed by atoms with Crippen LogP contribution < -0.4 is 0 Å². The molecule has 12 atom stereocenters. The van der Waals surface area contributed by atoms with Crippen molar-refractivity contribution in [2.75, 3.05) is 0 Å². The maximum absolute atomic E-state index is 12.4. The summed E-state index contributed by atoms with van der Waals surface area (Å²) < 4.78 is 0. The van der Waals surface area contributed by atoms with Crippen LogP contribution in [0, 0.1) is 62.6 Å². The standard InChI is InChI=1S/C34H54OS/c1-21-13-15-31(5)17-18-32(6)24(28(31)22(21)2)11-12-27-33(32,7)16-14-26-30(3,4)20-23(25-10-9-19-36-25)29(35)34(26,27)8/h9-10,19,21-24,26-29,35H,11-18,20H2,1-8H3/t21-,22+,23?,24-,26+,27+,28+,29?,31-,32-,33-,34+/m1/s1. The van der Waals surface area contributed by atoms with Crippen molar-refractivity contribution in [3.8, 4) is 0 Å². The van der Waals surface area contributed by atoms with Crippen LogP contribution in [0.2, 0.25) is 0 Å². The average molecular weight is 511 g/mol. The molecule has 5 aliphatic rings. The largest absolute Gasteiger partial charge is 0.392 e. The average Bonchev–Trinajstić information content (AvgIpc) is 3.35. The van der Waals surface area contributed by atoms with Crippen molar-refractivity contribution >= 4 is 11.3 Å². The zero-order valence-electron chi connectivity index (χ0n) is 24.6. The van der Waals surface area contributed by atoms with Crippen LogP contribution in [0.5, 0.6) is 0 Å². The number of fused-ring (bicyclic) bond motifs is 7. The topological polar surface area (TPSA) is 20.2 Å². The molecule has 36 heavy (non-hydrogen) atoms. The van der Waals surface area contributed by atoms with Crippen LogP contribution in [-0.4, -0.2) is 11.2 Å². The summed E-state index contributed by atoms with van der Waals surface area (Å²) >= 11 is 1.87. The minimum atomic E-state index is -0.221. The van der Waals surface area contributed by atoms with Crippen LogP contribution in [0.4, 0.5) is 0 Å². The van der Waals surface area contributed by atoms with E-state index in [0.717, 1.165) is 30.1 Å². The zero-order chi connectivity index (χ0) is 25.9. The summed E-state index contributed by atoms with van der Waals surface area (Å²) in [7, 11) is 0. The molecule has 0 amide bonds. The van der Waals surface area contributed by atoms with Gasteiger partial charge in [-0.2, -0.15) is 0 Å². The molecular weight excluding hydrogens is 456 g/mol. The lowest BCUT2D eigenvalue weighted by Gasteiger charge is -2.74. The fraction of sp³-hybridized carbons (Fsp3) is 0.882. The molecule has 5 aliphatic carbocycles. The van der Waals surface area contributed by atoms with Gasteiger partial charge in [-0.25, -0.2) is 0 Å². The number of hydrogen-bond acceptors (Lipinski definition) is 2. The summed E-state index contributed by atoms with van der Waals surface area (Å²) in [6, 6.07) is 4.49. The molecular formula is C34H54OS. The van der Waals surface area contributed by atoms with Gasteiger partial charge in [0.05, 0.1) is 6.10 Å². The van der Waals surface area contributed by atoms with Crippen molar-refractivity contribution in [3.05, 3.63) is 22.4 Å². The molecule has 2 unspecified atom stereocenters. The summed E-state index contributed by atoms with van der Waals surface area (Å²) in [6.45, 7) is 20.9. The summed E-state index contributed by atoms with van der Waals surface area (Å²) in [4.78, 5) is 1.42. The van der Waals surface area contributed by atoms with Crippen LogP contribution in [-0.2, 0) is 0 Å². The van der Waals surface area contributed by atoms with Crippen LogP contribution >= 0.6 is 11.3 Å². The molecule has 2 heteroatoms. The van der Waals surface area contributed by atoms with Gasteiger partial charge in [0.2, 0.25) is 0 Å². The van der Waals surface area contributed by atoms with Gasteiger partial charge < -0.3 is 5.11 Å². The van der Waals surface area contributed by atoms with Crippen molar-refractivity contribution in [1.29, 1.82) is 0 Å². The Hall–Kier alpha value is -0.340. The minimum Gasteiger partial charge on any atom is -0.392 e. The summed E-state index contributed by atoms with van der Waals surface area (Å²) in [6.07, 6.45) is 12.0. The first-order chi connectivity index (χ1) is 16.8. The fourth-order valence-corrected chi connectivity index (χ4v) is 13.5. The van der Waals surface area contributed by atoms with Crippen molar-refractivity contribution in [2.24, 2.45) is 62.6 Å². The summed E-state index contributed by atoms with van der Waals surface area (Å²) in [5.41, 5.74) is 1.57. The van der Waals surface area contributed by atoms with Crippen molar-refractivity contribution in [2.45, 2.75) is 125 Å². The first-order valence-electron chi connectivity index (χ1n) is 15.5. The Morgan fingerprint density at radius 2 is 1.58 bits per heavy atom. The normalized spacial score (nSPS) is 56.1. The van der Waals surface area contributed by atoms with E-state index in [1.165, 1.54) is 56.2 Å². The highest BCUT2D eigenvalue weighted by Crippen LogP contribution is 2.77. The Bertz CT molecular complexity index is 981. The second-order valence-corrected chi connectivity index (χ2v) is 17.3. The number of aliphatic hydroxyl groups excluding tert-OH is 1. The van der Waals surface area contributed by atoms with Crippen LogP contribution in [0.1, 0.15) is 124 Å². The Morgan fingerprint density at radius 3 is 2.28 bits per heavy atom. The van der Waals surface area contributed by atoms with Crippen molar-refractivity contribution in [3.63, 3.8) is 0 Å². The number of rotatable bonds is 1. The molecule has 1 aromatic heterocycles. The lowest BCUT2D eigenvalue weighted by atomic mass is 9.30. The van der Waals surface area contributed by atoms with E-state index in [-0.39, 0.29) is 16.9 Å². The second-order valence-electron chi connectivity index (χ2n) is 16.3. The van der Waals surface area contributed by atoms with Crippen molar-refractivity contribution < 1.29 is 5.11 Å². The third-order valence-corrected chi connectivity index (χ3v) is 15.8. The Balaban J connectivity index is 1.42. The molecule has 1 heterocycles. The highest BCUT2D eigenvalue weighted by atomic mass is 32.1. The molecule has 0 aliphatic heterocycles. The molecule has 0 saturated heterocycles. The van der Waals surface area contributed by atoms with E-state index in [1.807, 2.05) is 11.3 Å². The van der Waals surface area contributed by atoms with E-state index in [9.17, 15) is 5.11 Å². The van der Waals surface area contributed by atoms with E-state index in [0.29, 0.717) is 34.0 Å². The van der Waals surface area contributed by atoms with Gasteiger partial charge in [0.1, 0.15) is 0 Å². The highest BCUT2D eigenvalue weighted by molar-refractivity contribution is 7.10. The molecule has 1 N–H and O–H groups in total. The molecule has 1 nitrogen and oxygen atoms in total. The molecule has 5 saturated carbocycles. The van der Waals surface area contributed by atoms with Crippen LogP contribution in [0.25, 0.3) is 0 Å². The van der Waals surface area contributed by atoms with Gasteiger partial charge in [-0.05, 0) is 126 Å². The Morgan fingerprint density at radius 1 is 0.833 bits per heavy atom. The monoisotopic (exact) mass is 510 g/mol. The lowest BCUT2D eigenvalue weighted by molar-refractivity contribution is -0.270. The van der Waals surface area contributed by atoms with Gasteiger partial charge in [-0.15, -0.1) is 11.3 Å². The zero-order valence-corrected chi connectivity index (χ0v) is 25.4. The quantitative estimate of drug-likeness (QED) is 0.399. The van der Waals surface area contributed by atoms with Crippen LogP contribution in [0.3, 0.4) is 0 Å². The Kier molecular flexibility index (Phi) is 5.82. The van der Waals surface area contributed by atoms with Gasteiger partial charge in [0.15, 0.2) is 0 Å². The van der Waals surface area contributed by atoms with Gasteiger partial charge in [0.25, 0.3) is 0 Å². The van der Waals surface area contributed by atoms with E-state index in [4.69, 9.17) is 0 Å². The van der Waals surface area contributed by atoms with E-state index in [2.05, 4.69) is 72.9 Å². The fourth-order valence-electron chi connectivity index (χ4n) is 12.6. The molecule has 6 rings (SSSR count). The van der Waals surface area contributed by atoms with Crippen LogP contribution in [0.15, 0.2) is 17.5 Å². The molecule has 1 aromatic rings. The first kappa shape index (κ1) is 25.9. The maximum Gasteiger partial charge on any atom is 0.0676 e. The SMILES string of the molecule is C[C@@H]1[C@H]2[C@H]3CC[C@@H]4[C@@]5(C)C(O)C(c6cccs6)CC(C)(C)[C@@H]5CC[C@@]4(C)[C@]3(C)CC[C@@]2(C)CC[C@H]1C. The van der Waals surface area contributed by atoms with E-state index in [1.54, 1.807) is 0 Å². The summed E-state index contributed by atoms with van der Waals surface area (Å²) in [5.74, 6) is 5.01. The Labute approximate surface area is 226 Å². The highest BCUT2D eigenvalue weighted by Gasteiger charge is 2.71. The van der Waals surface area contributed by atoms with Gasteiger partial charge in [0, 0.05) is 16.2 Å². The molecule has 0 spiro atoms. The molecule has 0 radical (unpaired) electrons. The number of thiophene rings is 1. The van der Waals surface area contributed by atoms with E-state index < -0.39 is 0 Å². The minimum absolute atomic E-state index is 0.00358. The third-order valence-electron chi connectivity index (χ3n) is 14.8. The van der Waals surface area contributed by atoms with Crippen molar-refractivity contribution in [1.82, 2.24) is 0 Å². The first-order valence-corrected chi connectivity index (χ1v) is 16.4. The molecule has 202 valence electrons. The van der Waals surface area contributed by atoms with Gasteiger partial charge in [-0.1, -0.05) is 61.5 Å². The molecule has 0 aromatic carbocycles. The van der Waals surface area contributed by atoms with E-state index >= 15 is 0 Å². The number of hydrogen-bond donors (Lipinski definition) is 1. The van der Waals surface area contributed by atoms with Gasteiger partial charge >= 0.3 is 0 Å². The van der Waals surface area contributed by atoms with Gasteiger partial charge in [-0.3, -0.25) is 0 Å². The molecule has 0 bridgehead atoms. The predicted octanol–water partition coefficient (Wildman–Crippen LogP) is 9.56. The smallest absolute Gasteiger partial charge is 0.0676 e. The molecule has 5 fully saturated rings. The maximum atomic E-state index is 12.4. The number of aliphatic hydroxyl groups is 1. The summed E-state index contributed by atoms with van der Waals surface area (Å²) in [5, 5.41) is 14.6. The second kappa shape index (κ2) is 8.09. The lowest BCUT2D eigenvalue weighted by Crippen LogP contribution is -2.69. The third kappa shape index (κ3) is 3.16.